The lowest BCUT2D eigenvalue weighted by atomic mass is 9.83. The van der Waals surface area contributed by atoms with Gasteiger partial charge in [0.1, 0.15) is 0 Å². The smallest absolute Gasteiger partial charge is 0.00201 e. The van der Waals surface area contributed by atoms with Gasteiger partial charge >= 0.3 is 0 Å². The van der Waals surface area contributed by atoms with Crippen molar-refractivity contribution in [2.75, 3.05) is 0 Å². The van der Waals surface area contributed by atoms with Gasteiger partial charge in [-0.2, -0.15) is 0 Å². The Morgan fingerprint density at radius 2 is 0.868 bits per heavy atom. The lowest BCUT2D eigenvalue weighted by molar-refractivity contribution is 1.47. The van der Waals surface area contributed by atoms with Gasteiger partial charge in [0.25, 0.3) is 0 Å². The van der Waals surface area contributed by atoms with Crippen LogP contribution in [-0.2, 0) is 0 Å². The quantitative estimate of drug-likeness (QED) is 0.219. The van der Waals surface area contributed by atoms with Gasteiger partial charge in [-0.1, -0.05) is 139 Å². The molecule has 0 N–H and O–H groups in total. The van der Waals surface area contributed by atoms with Crippen molar-refractivity contribution in [3.63, 3.8) is 0 Å². The summed E-state index contributed by atoms with van der Waals surface area (Å²) in [7, 11) is 0. The summed E-state index contributed by atoms with van der Waals surface area (Å²) in [5, 5.41) is 7.69. The molecular formula is C38H28. The summed E-state index contributed by atoms with van der Waals surface area (Å²) >= 11 is 0. The molecule has 7 aromatic carbocycles. The molecule has 0 radical (unpaired) electrons. The van der Waals surface area contributed by atoms with Crippen molar-refractivity contribution in [2.24, 2.45) is 0 Å². The van der Waals surface area contributed by atoms with Crippen LogP contribution in [0, 0.1) is 13.8 Å². The molecule has 0 aliphatic heterocycles. The van der Waals surface area contributed by atoms with Gasteiger partial charge < -0.3 is 0 Å². The van der Waals surface area contributed by atoms with Crippen LogP contribution in [0.2, 0.25) is 0 Å². The Morgan fingerprint density at radius 3 is 1.58 bits per heavy atom. The van der Waals surface area contributed by atoms with E-state index in [-0.39, 0.29) is 0 Å². The van der Waals surface area contributed by atoms with Gasteiger partial charge in [0.2, 0.25) is 0 Å². The summed E-state index contributed by atoms with van der Waals surface area (Å²) < 4.78 is 0. The van der Waals surface area contributed by atoms with E-state index in [4.69, 9.17) is 0 Å². The largest absolute Gasteiger partial charge is 0.0616 e. The first-order valence-electron chi connectivity index (χ1n) is 13.3. The van der Waals surface area contributed by atoms with Crippen LogP contribution >= 0.6 is 0 Å². The lowest BCUT2D eigenvalue weighted by Gasteiger charge is -2.20. The van der Waals surface area contributed by atoms with Gasteiger partial charge in [-0.3, -0.25) is 0 Å². The van der Waals surface area contributed by atoms with E-state index < -0.39 is 0 Å². The fourth-order valence-electron chi connectivity index (χ4n) is 5.87. The van der Waals surface area contributed by atoms with E-state index in [0.717, 1.165) is 0 Å². The van der Waals surface area contributed by atoms with Gasteiger partial charge in [0, 0.05) is 0 Å². The Bertz CT molecular complexity index is 1950. The highest BCUT2D eigenvalue weighted by atomic mass is 14.2. The van der Waals surface area contributed by atoms with E-state index in [0.29, 0.717) is 0 Å². The lowest BCUT2D eigenvalue weighted by Crippen LogP contribution is -1.92. The molecule has 0 atom stereocenters. The number of hydrogen-bond acceptors (Lipinski definition) is 0. The third-order valence-electron chi connectivity index (χ3n) is 7.81. The van der Waals surface area contributed by atoms with Gasteiger partial charge in [-0.05, 0) is 85.6 Å². The second-order valence-electron chi connectivity index (χ2n) is 10.3. The molecule has 0 aromatic heterocycles. The van der Waals surface area contributed by atoms with Crippen molar-refractivity contribution in [3.8, 4) is 33.4 Å². The second kappa shape index (κ2) is 9.01. The van der Waals surface area contributed by atoms with E-state index in [1.54, 1.807) is 0 Å². The Balaban J connectivity index is 1.65. The Morgan fingerprint density at radius 1 is 0.342 bits per heavy atom. The number of aryl methyl sites for hydroxylation is 2. The molecule has 0 aliphatic rings. The minimum absolute atomic E-state index is 1.24. The summed E-state index contributed by atoms with van der Waals surface area (Å²) in [6, 6.07) is 49.2. The molecule has 0 aliphatic carbocycles. The summed E-state index contributed by atoms with van der Waals surface area (Å²) in [5.74, 6) is 0. The zero-order chi connectivity index (χ0) is 25.6. The summed E-state index contributed by atoms with van der Waals surface area (Å²) in [5.41, 5.74) is 10.2. The van der Waals surface area contributed by atoms with E-state index in [1.807, 2.05) is 0 Å². The number of rotatable bonds is 3. The number of benzene rings is 7. The highest BCUT2D eigenvalue weighted by Gasteiger charge is 2.18. The van der Waals surface area contributed by atoms with Gasteiger partial charge in [0.05, 0.1) is 0 Å². The predicted octanol–water partition coefficient (Wildman–Crippen LogP) is 10.8. The van der Waals surface area contributed by atoms with Crippen molar-refractivity contribution in [2.45, 2.75) is 13.8 Å². The molecular weight excluding hydrogens is 456 g/mol. The van der Waals surface area contributed by atoms with Crippen LogP contribution in [0.1, 0.15) is 11.1 Å². The third kappa shape index (κ3) is 3.69. The van der Waals surface area contributed by atoms with Crippen molar-refractivity contribution < 1.29 is 0 Å². The van der Waals surface area contributed by atoms with Gasteiger partial charge in [0.15, 0.2) is 0 Å². The first-order valence-corrected chi connectivity index (χ1v) is 13.3. The normalized spacial score (nSPS) is 11.4. The van der Waals surface area contributed by atoms with Crippen LogP contribution in [0.25, 0.3) is 65.7 Å². The van der Waals surface area contributed by atoms with E-state index in [9.17, 15) is 0 Å². The fraction of sp³-hybridized carbons (Fsp3) is 0.0526. The SMILES string of the molecule is Cc1ccc(-c2ccc3c(-c4cccc5ccccc45)c4ccccc4c(-c4ccc(C)cc4)c3c2)cc1. The molecule has 0 saturated heterocycles. The molecule has 0 bridgehead atoms. The minimum Gasteiger partial charge on any atom is -0.0616 e. The maximum Gasteiger partial charge on any atom is -0.00201 e. The molecule has 7 rings (SSSR count). The molecule has 0 unspecified atom stereocenters. The highest BCUT2D eigenvalue weighted by Crippen LogP contribution is 2.46. The Kier molecular flexibility index (Phi) is 5.34. The van der Waals surface area contributed by atoms with Crippen molar-refractivity contribution in [3.05, 3.63) is 145 Å². The fourth-order valence-corrected chi connectivity index (χ4v) is 5.87. The van der Waals surface area contributed by atoms with Crippen LogP contribution in [0.5, 0.6) is 0 Å². The zero-order valence-electron chi connectivity index (χ0n) is 21.7. The average molecular weight is 485 g/mol. The van der Waals surface area contributed by atoms with Crippen LogP contribution in [0.3, 0.4) is 0 Å². The molecule has 0 nitrogen and oxygen atoms in total. The molecule has 0 fully saturated rings. The van der Waals surface area contributed by atoms with Crippen molar-refractivity contribution in [1.82, 2.24) is 0 Å². The third-order valence-corrected chi connectivity index (χ3v) is 7.81. The predicted molar refractivity (Wildman–Crippen MR) is 165 cm³/mol. The van der Waals surface area contributed by atoms with Crippen molar-refractivity contribution in [1.29, 1.82) is 0 Å². The highest BCUT2D eigenvalue weighted by molar-refractivity contribution is 6.24. The van der Waals surface area contributed by atoms with Gasteiger partial charge in [-0.25, -0.2) is 0 Å². The second-order valence-corrected chi connectivity index (χ2v) is 10.3. The van der Waals surface area contributed by atoms with E-state index >= 15 is 0 Å². The maximum atomic E-state index is 2.40. The minimum atomic E-state index is 1.24. The monoisotopic (exact) mass is 484 g/mol. The van der Waals surface area contributed by atoms with Crippen LogP contribution in [0.15, 0.2) is 133 Å². The van der Waals surface area contributed by atoms with Crippen LogP contribution < -0.4 is 0 Å². The Labute approximate surface area is 223 Å². The number of fused-ring (bicyclic) bond motifs is 3. The Hall–Kier alpha value is -4.68. The molecule has 0 saturated carbocycles. The van der Waals surface area contributed by atoms with E-state index in [2.05, 4.69) is 147 Å². The zero-order valence-corrected chi connectivity index (χ0v) is 21.7. The topological polar surface area (TPSA) is 0 Å². The summed E-state index contributed by atoms with van der Waals surface area (Å²) in [6.45, 7) is 4.29. The molecule has 180 valence electrons. The van der Waals surface area contributed by atoms with Gasteiger partial charge in [-0.15, -0.1) is 0 Å². The molecule has 38 heavy (non-hydrogen) atoms. The van der Waals surface area contributed by atoms with Crippen LogP contribution in [-0.4, -0.2) is 0 Å². The average Bonchev–Trinajstić information content (AvgIpc) is 2.96. The molecule has 0 spiro atoms. The molecule has 7 aromatic rings. The standard InChI is InChI=1S/C38H28/c1-25-14-18-27(19-15-25)30-22-23-35-36(24-30)37(29-20-16-26(2)17-21-29)33-11-5-6-12-34(33)38(35)32-13-7-9-28-8-3-4-10-31(28)32/h3-24H,1-2H3. The number of hydrogen-bond donors (Lipinski definition) is 0. The van der Waals surface area contributed by atoms with E-state index in [1.165, 1.54) is 76.8 Å². The first kappa shape index (κ1) is 22.5. The van der Waals surface area contributed by atoms with Crippen molar-refractivity contribution >= 4 is 32.3 Å². The summed E-state index contributed by atoms with van der Waals surface area (Å²) in [6.07, 6.45) is 0. The molecule has 0 amide bonds. The van der Waals surface area contributed by atoms with Crippen LogP contribution in [0.4, 0.5) is 0 Å². The summed E-state index contributed by atoms with van der Waals surface area (Å²) in [4.78, 5) is 0. The first-order chi connectivity index (χ1) is 18.7. The molecule has 0 heteroatoms. The molecule has 0 heterocycles. The maximum absolute atomic E-state index is 2.40.